The molecule has 0 radical (unpaired) electrons. The summed E-state index contributed by atoms with van der Waals surface area (Å²) < 4.78 is 7.91. The van der Waals surface area contributed by atoms with Crippen LogP contribution in [0.15, 0.2) is 0 Å². The Morgan fingerprint density at radius 2 is 2.50 bits per heavy atom. The lowest BCUT2D eigenvalue weighted by molar-refractivity contribution is 0.148. The van der Waals surface area contributed by atoms with E-state index in [0.717, 1.165) is 18.7 Å². The molecule has 3 aliphatic heterocycles. The maximum atomic E-state index is 11.5. The normalized spacial score (nSPS) is 52.4. The first-order valence-electron chi connectivity index (χ1n) is 5.82. The fourth-order valence-electron chi connectivity index (χ4n) is 3.29. The summed E-state index contributed by atoms with van der Waals surface area (Å²) >= 11 is 0. The molecule has 16 heavy (non-hydrogen) atoms. The van der Waals surface area contributed by atoms with Crippen molar-refractivity contribution in [2.24, 2.45) is 5.92 Å². The number of amides is 1. The second kappa shape index (κ2) is 3.51. The van der Waals surface area contributed by atoms with E-state index in [2.05, 4.69) is 10.0 Å². The molecule has 1 amide bonds. The van der Waals surface area contributed by atoms with E-state index >= 15 is 0 Å². The van der Waals surface area contributed by atoms with Gasteiger partial charge in [0, 0.05) is 11.0 Å². The zero-order chi connectivity index (χ0) is 11.3. The third-order valence-corrected chi connectivity index (χ3v) is 8.24. The molecule has 3 N–H and O–H groups in total. The van der Waals surface area contributed by atoms with E-state index < -0.39 is 10.2 Å². The number of carbonyl (C=O) groups excluding carboxylic acids is 1. The molecule has 0 spiro atoms. The van der Waals surface area contributed by atoms with Gasteiger partial charge >= 0.3 is 6.09 Å². The second-order valence-corrected chi connectivity index (χ2v) is 8.13. The van der Waals surface area contributed by atoms with Gasteiger partial charge in [-0.25, -0.2) is 4.79 Å². The first kappa shape index (κ1) is 10.7. The molecule has 3 rings (SSSR count). The fourth-order valence-corrected chi connectivity index (χ4v) is 7.78. The zero-order valence-electron chi connectivity index (χ0n) is 9.31. The van der Waals surface area contributed by atoms with Crippen molar-refractivity contribution in [3.63, 3.8) is 0 Å². The Hall–Kier alpha value is -0.460. The van der Waals surface area contributed by atoms with E-state index in [0.29, 0.717) is 17.8 Å². The van der Waals surface area contributed by atoms with Crippen molar-refractivity contribution in [2.75, 3.05) is 18.9 Å². The Morgan fingerprint density at radius 3 is 3.25 bits per heavy atom. The van der Waals surface area contributed by atoms with E-state index in [1.165, 1.54) is 0 Å². The Balaban J connectivity index is 1.76. The van der Waals surface area contributed by atoms with E-state index in [9.17, 15) is 9.90 Å². The third kappa shape index (κ3) is 1.23. The van der Waals surface area contributed by atoms with Crippen LogP contribution in [0, 0.1) is 5.92 Å². The van der Waals surface area contributed by atoms with Crippen molar-refractivity contribution in [1.29, 1.82) is 0 Å². The minimum Gasteiger partial charge on any atom is -0.449 e. The van der Waals surface area contributed by atoms with Crippen molar-refractivity contribution in [3.8, 4) is 0 Å². The summed E-state index contributed by atoms with van der Waals surface area (Å²) in [5.74, 6) is 1.58. The van der Waals surface area contributed by atoms with Crippen LogP contribution in [0.5, 0.6) is 0 Å². The molecule has 2 bridgehead atoms. The number of rotatable bonds is 2. The Kier molecular flexibility index (Phi) is 2.35. The van der Waals surface area contributed by atoms with Gasteiger partial charge in [-0.3, -0.25) is 4.72 Å². The lowest BCUT2D eigenvalue weighted by atomic mass is 9.96. The molecule has 4 unspecified atom stereocenters. The first-order valence-corrected chi connectivity index (χ1v) is 7.75. The molecule has 0 saturated carbocycles. The maximum absolute atomic E-state index is 11.5. The van der Waals surface area contributed by atoms with E-state index in [1.807, 2.05) is 0 Å². The second-order valence-electron chi connectivity index (χ2n) is 4.80. The summed E-state index contributed by atoms with van der Waals surface area (Å²) in [4.78, 5) is 11.5. The van der Waals surface area contributed by atoms with Crippen molar-refractivity contribution in [1.82, 2.24) is 10.0 Å². The van der Waals surface area contributed by atoms with Crippen LogP contribution in [-0.2, 0) is 4.74 Å². The third-order valence-electron chi connectivity index (χ3n) is 3.95. The van der Waals surface area contributed by atoms with Gasteiger partial charge < -0.3 is 15.2 Å². The predicted octanol–water partition coefficient (Wildman–Crippen LogP) is 0.144. The van der Waals surface area contributed by atoms with Crippen molar-refractivity contribution < 1.29 is 14.6 Å². The predicted molar refractivity (Wildman–Crippen MR) is 62.3 cm³/mol. The van der Waals surface area contributed by atoms with Crippen LogP contribution in [0.4, 0.5) is 4.79 Å². The highest BCUT2D eigenvalue weighted by molar-refractivity contribution is 8.34. The molecule has 0 aromatic carbocycles. The van der Waals surface area contributed by atoms with Crippen LogP contribution in [0.25, 0.3) is 0 Å². The number of hydrogen-bond donors (Lipinski definition) is 3. The molecular formula is C10H18N2O3S. The van der Waals surface area contributed by atoms with Gasteiger partial charge in [-0.15, -0.1) is 10.2 Å². The molecule has 3 heterocycles. The largest absolute Gasteiger partial charge is 0.449 e. The molecule has 5 atom stereocenters. The Labute approximate surface area is 96.4 Å². The fraction of sp³-hybridized carbons (Fsp3) is 0.900. The molecule has 0 aromatic rings. The highest BCUT2D eigenvalue weighted by Crippen LogP contribution is 2.71. The van der Waals surface area contributed by atoms with Crippen LogP contribution in [-0.4, -0.2) is 46.8 Å². The van der Waals surface area contributed by atoms with Crippen LogP contribution >= 0.6 is 10.2 Å². The van der Waals surface area contributed by atoms with Crippen molar-refractivity contribution >= 4 is 16.3 Å². The van der Waals surface area contributed by atoms with E-state index in [1.54, 1.807) is 6.92 Å². The molecule has 5 nitrogen and oxygen atoms in total. The van der Waals surface area contributed by atoms with Gasteiger partial charge in [0.05, 0.1) is 12.6 Å². The van der Waals surface area contributed by atoms with Gasteiger partial charge in [-0.1, -0.05) is 0 Å². The summed E-state index contributed by atoms with van der Waals surface area (Å²) in [6.45, 7) is 3.16. The lowest BCUT2D eigenvalue weighted by Crippen LogP contribution is -2.66. The van der Waals surface area contributed by atoms with Crippen molar-refractivity contribution in [3.05, 3.63) is 0 Å². The first-order chi connectivity index (χ1) is 7.67. The van der Waals surface area contributed by atoms with Crippen LogP contribution in [0.1, 0.15) is 13.3 Å². The van der Waals surface area contributed by atoms with Gasteiger partial charge in [0.15, 0.2) is 0 Å². The maximum Gasteiger partial charge on any atom is 0.415 e. The van der Waals surface area contributed by atoms with Gasteiger partial charge in [0.1, 0.15) is 5.44 Å². The van der Waals surface area contributed by atoms with Crippen LogP contribution in [0.3, 0.4) is 0 Å². The minimum absolute atomic E-state index is 0.204. The highest BCUT2D eigenvalue weighted by atomic mass is 32.3. The van der Waals surface area contributed by atoms with Gasteiger partial charge in [-0.2, -0.15) is 0 Å². The van der Waals surface area contributed by atoms with Gasteiger partial charge in [0.25, 0.3) is 0 Å². The number of fused-ring (bicyclic) bond motifs is 1. The number of carbonyl (C=O) groups is 1. The summed E-state index contributed by atoms with van der Waals surface area (Å²) in [5.41, 5.74) is -0.380. The van der Waals surface area contributed by atoms with Gasteiger partial charge in [0.2, 0.25) is 0 Å². The summed E-state index contributed by atoms with van der Waals surface area (Å²) in [6.07, 6.45) is 0.791. The lowest BCUT2D eigenvalue weighted by Gasteiger charge is -2.59. The zero-order valence-corrected chi connectivity index (χ0v) is 10.1. The van der Waals surface area contributed by atoms with Gasteiger partial charge in [-0.05, 0) is 25.8 Å². The SMILES string of the molecule is CCOC(=O)NS12CC3CNC(C1C3)[C@H]2O. The molecule has 92 valence electrons. The molecule has 3 fully saturated rings. The molecule has 0 aliphatic carbocycles. The number of aliphatic hydroxyl groups is 1. The Morgan fingerprint density at radius 1 is 1.69 bits per heavy atom. The average Bonchev–Trinajstić information content (AvgIpc) is 2.39. The summed E-state index contributed by atoms with van der Waals surface area (Å²) in [5, 5.41) is 14.0. The summed E-state index contributed by atoms with van der Waals surface area (Å²) in [7, 11) is -1.37. The monoisotopic (exact) mass is 246 g/mol. The highest BCUT2D eigenvalue weighted by Gasteiger charge is 2.65. The molecule has 3 aliphatic rings. The van der Waals surface area contributed by atoms with E-state index in [-0.39, 0.29) is 17.6 Å². The smallest absolute Gasteiger partial charge is 0.415 e. The number of piperidine rings is 1. The van der Waals surface area contributed by atoms with Crippen LogP contribution in [0.2, 0.25) is 0 Å². The summed E-state index contributed by atoms with van der Waals surface area (Å²) in [6, 6.07) is 0.204. The number of ether oxygens (including phenoxy) is 1. The standard InChI is InChI=1S/C10H18N2O3S/c1-2-15-10(14)12-16-5-6-3-7(16)8(9(16)13)11-4-6/h6-9,11,13H,2-5H2,1H3,(H,12,14)/t6?,7?,8?,9-/m0/s1. The Bertz CT molecular complexity index is 327. The molecule has 3 saturated heterocycles. The molecular weight excluding hydrogens is 228 g/mol. The number of hydrogen-bond acceptors (Lipinski definition) is 4. The van der Waals surface area contributed by atoms with Crippen molar-refractivity contribution in [2.45, 2.75) is 30.1 Å². The number of nitrogens with one attached hydrogen (secondary N) is 2. The number of aliphatic hydroxyl groups excluding tert-OH is 1. The quantitative estimate of drug-likeness (QED) is 0.648. The van der Waals surface area contributed by atoms with E-state index in [4.69, 9.17) is 4.74 Å². The minimum atomic E-state index is -1.37. The average molecular weight is 246 g/mol. The molecule has 0 aromatic heterocycles. The van der Waals surface area contributed by atoms with Crippen LogP contribution < -0.4 is 10.0 Å². The molecule has 6 heteroatoms. The topological polar surface area (TPSA) is 70.6 Å².